The van der Waals surface area contributed by atoms with Gasteiger partial charge in [0.05, 0.1) is 19.3 Å². The first-order valence-electron chi connectivity index (χ1n) is 9.17. The van der Waals surface area contributed by atoms with Crippen LogP contribution in [0, 0.1) is 0 Å². The van der Waals surface area contributed by atoms with Gasteiger partial charge in [-0.25, -0.2) is 0 Å². The topological polar surface area (TPSA) is 44.8 Å². The van der Waals surface area contributed by atoms with Crippen LogP contribution in [0.25, 0.3) is 0 Å². The Hall–Kier alpha value is -0.560. The van der Waals surface area contributed by atoms with E-state index in [0.29, 0.717) is 32.3 Å². The fourth-order valence-corrected chi connectivity index (χ4v) is 3.88. The van der Waals surface area contributed by atoms with Crippen LogP contribution in [0.15, 0.2) is 24.3 Å². The molecule has 8 heteroatoms. The summed E-state index contributed by atoms with van der Waals surface area (Å²) in [6.07, 6.45) is 2.99. The van der Waals surface area contributed by atoms with E-state index in [1.165, 1.54) is 0 Å². The summed E-state index contributed by atoms with van der Waals surface area (Å²) in [6, 6.07) is 8.35. The monoisotopic (exact) mass is 437 g/mol. The summed E-state index contributed by atoms with van der Waals surface area (Å²) in [7, 11) is 2.07. The van der Waals surface area contributed by atoms with Crippen molar-refractivity contribution < 1.29 is 9.53 Å². The number of piperidine rings is 1. The average molecular weight is 439 g/mol. The Bertz CT molecular complexity index is 585. The Morgan fingerprint density at radius 2 is 2.00 bits per heavy atom. The zero-order chi connectivity index (χ0) is 17.6. The average Bonchev–Trinajstić information content (AvgIpc) is 2.64. The van der Waals surface area contributed by atoms with Crippen molar-refractivity contribution in [3.05, 3.63) is 34.9 Å². The molecule has 0 spiro atoms. The lowest BCUT2D eigenvalue weighted by Crippen LogP contribution is -2.51. The number of hydrogen-bond acceptors (Lipinski definition) is 4. The summed E-state index contributed by atoms with van der Waals surface area (Å²) in [5.41, 5.74) is 1.08. The van der Waals surface area contributed by atoms with Gasteiger partial charge in [-0.15, -0.1) is 24.8 Å². The molecule has 0 aromatic heterocycles. The number of morpholine rings is 1. The van der Waals surface area contributed by atoms with Crippen LogP contribution in [-0.2, 0) is 16.0 Å². The van der Waals surface area contributed by atoms with Crippen molar-refractivity contribution >= 4 is 42.3 Å². The summed E-state index contributed by atoms with van der Waals surface area (Å²) in [5.74, 6) is 0.202. The molecule has 1 unspecified atom stereocenters. The lowest BCUT2D eigenvalue weighted by Gasteiger charge is -2.36. The fourth-order valence-electron chi connectivity index (χ4n) is 3.67. The molecule has 1 N–H and O–H groups in total. The number of benzene rings is 1. The molecule has 2 aliphatic rings. The molecule has 0 saturated carbocycles. The molecule has 5 nitrogen and oxygen atoms in total. The van der Waals surface area contributed by atoms with Crippen LogP contribution in [0.1, 0.15) is 18.4 Å². The molecule has 2 aliphatic heterocycles. The Morgan fingerprint density at radius 1 is 1.30 bits per heavy atom. The zero-order valence-electron chi connectivity index (χ0n) is 15.7. The highest BCUT2D eigenvalue weighted by Gasteiger charge is 2.27. The first kappa shape index (κ1) is 24.5. The van der Waals surface area contributed by atoms with E-state index in [9.17, 15) is 4.79 Å². The van der Waals surface area contributed by atoms with Crippen molar-refractivity contribution in [2.45, 2.75) is 31.4 Å². The number of hydrogen-bond donors (Lipinski definition) is 1. The summed E-state index contributed by atoms with van der Waals surface area (Å²) in [4.78, 5) is 16.9. The predicted octanol–water partition coefficient (Wildman–Crippen LogP) is 2.64. The van der Waals surface area contributed by atoms with Crippen molar-refractivity contribution in [1.82, 2.24) is 15.1 Å². The standard InChI is InChI=1S/C19H28ClN3O2.2ClH/c1-22(16-6-8-21-9-7-16)14-19(24)23-10-11-25-17(13-23)12-15-4-2-3-5-18(15)20;;/h2-5,16-17,21H,6-14H2,1H3;2*1H. The molecule has 1 atom stereocenters. The minimum atomic E-state index is 0. The maximum Gasteiger partial charge on any atom is 0.236 e. The normalized spacial score (nSPS) is 20.7. The third kappa shape index (κ3) is 7.08. The third-order valence-corrected chi connectivity index (χ3v) is 5.58. The van der Waals surface area contributed by atoms with E-state index >= 15 is 0 Å². The van der Waals surface area contributed by atoms with Gasteiger partial charge in [0.1, 0.15) is 0 Å². The number of likely N-dealkylation sites (N-methyl/N-ethyl adjacent to an activating group) is 1. The summed E-state index contributed by atoms with van der Waals surface area (Å²) >= 11 is 6.25. The van der Waals surface area contributed by atoms with E-state index in [4.69, 9.17) is 16.3 Å². The molecule has 1 aromatic rings. The van der Waals surface area contributed by atoms with Crippen molar-refractivity contribution in [1.29, 1.82) is 0 Å². The molecule has 3 rings (SSSR count). The molecular weight excluding hydrogens is 409 g/mol. The lowest BCUT2D eigenvalue weighted by molar-refractivity contribution is -0.140. The molecule has 2 saturated heterocycles. The summed E-state index contributed by atoms with van der Waals surface area (Å²) in [5, 5.41) is 4.13. The van der Waals surface area contributed by atoms with Gasteiger partial charge in [0.15, 0.2) is 0 Å². The number of rotatable bonds is 5. The number of nitrogens with zero attached hydrogens (tertiary/aromatic N) is 2. The smallest absolute Gasteiger partial charge is 0.236 e. The van der Waals surface area contributed by atoms with Crippen LogP contribution in [0.2, 0.25) is 5.02 Å². The maximum absolute atomic E-state index is 12.7. The van der Waals surface area contributed by atoms with Gasteiger partial charge < -0.3 is 15.0 Å². The first-order valence-corrected chi connectivity index (χ1v) is 9.55. The fraction of sp³-hybridized carbons (Fsp3) is 0.632. The van der Waals surface area contributed by atoms with Crippen molar-refractivity contribution in [2.75, 3.05) is 46.4 Å². The van der Waals surface area contributed by atoms with Crippen molar-refractivity contribution in [3.63, 3.8) is 0 Å². The second kappa shape index (κ2) is 12.1. The van der Waals surface area contributed by atoms with Crippen LogP contribution >= 0.6 is 36.4 Å². The summed E-state index contributed by atoms with van der Waals surface area (Å²) in [6.45, 7) is 4.49. The van der Waals surface area contributed by atoms with Gasteiger partial charge in [-0.2, -0.15) is 0 Å². The number of amides is 1. The van der Waals surface area contributed by atoms with Gasteiger partial charge in [0.25, 0.3) is 0 Å². The Balaban J connectivity index is 0.00000182. The van der Waals surface area contributed by atoms with Gasteiger partial charge in [0.2, 0.25) is 5.91 Å². The summed E-state index contributed by atoms with van der Waals surface area (Å²) < 4.78 is 5.86. The zero-order valence-corrected chi connectivity index (χ0v) is 18.1. The number of carbonyl (C=O) groups is 1. The van der Waals surface area contributed by atoms with E-state index in [-0.39, 0.29) is 36.8 Å². The molecule has 27 heavy (non-hydrogen) atoms. The Kier molecular flexibility index (Phi) is 11.0. The second-order valence-corrected chi connectivity index (χ2v) is 7.43. The van der Waals surface area contributed by atoms with Gasteiger partial charge in [0, 0.05) is 30.6 Å². The number of nitrogens with one attached hydrogen (secondary N) is 1. The SMILES string of the molecule is CN(CC(=O)N1CCOC(Cc2ccccc2Cl)C1)C1CCNCC1.Cl.Cl. The second-order valence-electron chi connectivity index (χ2n) is 7.02. The molecule has 154 valence electrons. The highest BCUT2D eigenvalue weighted by molar-refractivity contribution is 6.31. The van der Waals surface area contributed by atoms with E-state index in [1.807, 2.05) is 29.2 Å². The minimum absolute atomic E-state index is 0. The van der Waals surface area contributed by atoms with Crippen LogP contribution in [0.4, 0.5) is 0 Å². The highest BCUT2D eigenvalue weighted by atomic mass is 35.5. The maximum atomic E-state index is 12.7. The third-order valence-electron chi connectivity index (χ3n) is 5.21. The Labute approximate surface area is 179 Å². The van der Waals surface area contributed by atoms with E-state index in [0.717, 1.165) is 42.9 Å². The molecule has 0 aliphatic carbocycles. The quantitative estimate of drug-likeness (QED) is 0.767. The van der Waals surface area contributed by atoms with Crippen LogP contribution in [0.5, 0.6) is 0 Å². The number of ether oxygens (including phenoxy) is 1. The van der Waals surface area contributed by atoms with Crippen LogP contribution < -0.4 is 5.32 Å². The minimum Gasteiger partial charge on any atom is -0.374 e. The molecule has 0 bridgehead atoms. The molecule has 1 aromatic carbocycles. The van der Waals surface area contributed by atoms with E-state index in [1.54, 1.807) is 0 Å². The molecule has 2 heterocycles. The van der Waals surface area contributed by atoms with Gasteiger partial charge in [-0.05, 0) is 44.6 Å². The van der Waals surface area contributed by atoms with Gasteiger partial charge >= 0.3 is 0 Å². The molecule has 2 fully saturated rings. The van der Waals surface area contributed by atoms with Crippen molar-refractivity contribution in [3.8, 4) is 0 Å². The van der Waals surface area contributed by atoms with Gasteiger partial charge in [-0.3, -0.25) is 9.69 Å². The number of halogens is 3. The number of carbonyl (C=O) groups excluding carboxylic acids is 1. The van der Waals surface area contributed by atoms with Crippen LogP contribution in [0.3, 0.4) is 0 Å². The van der Waals surface area contributed by atoms with Crippen LogP contribution in [-0.4, -0.2) is 74.2 Å². The largest absolute Gasteiger partial charge is 0.374 e. The highest BCUT2D eigenvalue weighted by Crippen LogP contribution is 2.20. The predicted molar refractivity (Wildman–Crippen MR) is 114 cm³/mol. The van der Waals surface area contributed by atoms with Crippen molar-refractivity contribution in [2.24, 2.45) is 0 Å². The Morgan fingerprint density at radius 3 is 2.70 bits per heavy atom. The lowest BCUT2D eigenvalue weighted by atomic mass is 10.1. The van der Waals surface area contributed by atoms with E-state index < -0.39 is 0 Å². The molecular formula is C19H30Cl3N3O2. The molecule has 0 radical (unpaired) electrons. The molecule has 1 amide bonds. The van der Waals surface area contributed by atoms with Gasteiger partial charge in [-0.1, -0.05) is 29.8 Å². The first-order chi connectivity index (χ1) is 12.1. The van der Waals surface area contributed by atoms with E-state index in [2.05, 4.69) is 17.3 Å².